The first-order valence-electron chi connectivity index (χ1n) is 8.46. The van der Waals surface area contributed by atoms with Crippen LogP contribution in [0.2, 0.25) is 5.02 Å². The first kappa shape index (κ1) is 18.8. The van der Waals surface area contributed by atoms with E-state index in [1.165, 1.54) is 22.5 Å². The van der Waals surface area contributed by atoms with Gasteiger partial charge in [-0.05, 0) is 43.2 Å². The van der Waals surface area contributed by atoms with Crippen molar-refractivity contribution in [2.24, 2.45) is 0 Å². The number of halogens is 1. The van der Waals surface area contributed by atoms with Gasteiger partial charge in [-0.3, -0.25) is 9.78 Å². The van der Waals surface area contributed by atoms with Crippen LogP contribution in [-0.4, -0.2) is 43.2 Å². The maximum atomic E-state index is 12.7. The molecule has 2 aromatic rings. The molecular formula is C18H20ClN3O3S. The first-order valence-corrected chi connectivity index (χ1v) is 10.3. The Kier molecular flexibility index (Phi) is 5.90. The Labute approximate surface area is 158 Å². The van der Waals surface area contributed by atoms with E-state index >= 15 is 0 Å². The van der Waals surface area contributed by atoms with Crippen LogP contribution in [0.4, 0.5) is 0 Å². The van der Waals surface area contributed by atoms with Gasteiger partial charge >= 0.3 is 0 Å². The molecule has 1 aliphatic heterocycles. The Morgan fingerprint density at radius 3 is 2.65 bits per heavy atom. The summed E-state index contributed by atoms with van der Waals surface area (Å²) < 4.78 is 26.9. The lowest BCUT2D eigenvalue weighted by Crippen LogP contribution is -2.29. The summed E-state index contributed by atoms with van der Waals surface area (Å²) in [5.41, 5.74) is 1.15. The molecule has 0 atom stereocenters. The fraction of sp³-hybridized carbons (Fsp3) is 0.333. The predicted octanol–water partition coefficient (Wildman–Crippen LogP) is 2.49. The summed E-state index contributed by atoms with van der Waals surface area (Å²) >= 11 is 6.10. The van der Waals surface area contributed by atoms with Crippen molar-refractivity contribution in [2.45, 2.75) is 24.2 Å². The molecule has 0 spiro atoms. The minimum absolute atomic E-state index is 0.0153. The number of carbonyl (C=O) groups is 1. The quantitative estimate of drug-likeness (QED) is 0.817. The number of aromatic nitrogens is 1. The van der Waals surface area contributed by atoms with Crippen molar-refractivity contribution < 1.29 is 13.2 Å². The Morgan fingerprint density at radius 1 is 1.19 bits per heavy atom. The summed E-state index contributed by atoms with van der Waals surface area (Å²) in [5, 5.41) is 2.91. The topological polar surface area (TPSA) is 79.4 Å². The Hall–Kier alpha value is -1.96. The van der Waals surface area contributed by atoms with E-state index in [-0.39, 0.29) is 21.4 Å². The van der Waals surface area contributed by atoms with Crippen LogP contribution in [0.15, 0.2) is 47.5 Å². The second-order valence-electron chi connectivity index (χ2n) is 6.08. The second kappa shape index (κ2) is 8.16. The predicted molar refractivity (Wildman–Crippen MR) is 99.7 cm³/mol. The molecular weight excluding hydrogens is 374 g/mol. The third-order valence-corrected chi connectivity index (χ3v) is 6.65. The average Bonchev–Trinajstić information content (AvgIpc) is 3.18. The fourth-order valence-corrected chi connectivity index (χ4v) is 4.88. The largest absolute Gasteiger partial charge is 0.352 e. The molecule has 0 radical (unpaired) electrons. The normalized spacial score (nSPS) is 15.1. The van der Waals surface area contributed by atoms with Gasteiger partial charge in [0.25, 0.3) is 5.91 Å². The third kappa shape index (κ3) is 4.23. The third-order valence-electron chi connectivity index (χ3n) is 4.27. The average molecular weight is 394 g/mol. The number of nitrogens with zero attached hydrogens (tertiary/aromatic N) is 2. The molecule has 0 unspecified atom stereocenters. The van der Waals surface area contributed by atoms with Gasteiger partial charge in [0.05, 0.1) is 5.02 Å². The number of nitrogens with one attached hydrogen (secondary N) is 1. The number of hydrogen-bond donors (Lipinski definition) is 1. The van der Waals surface area contributed by atoms with Gasteiger partial charge in [-0.15, -0.1) is 0 Å². The van der Waals surface area contributed by atoms with E-state index < -0.39 is 10.0 Å². The van der Waals surface area contributed by atoms with Crippen LogP contribution in [0.5, 0.6) is 0 Å². The number of pyridine rings is 1. The summed E-state index contributed by atoms with van der Waals surface area (Å²) in [7, 11) is -3.68. The van der Waals surface area contributed by atoms with Gasteiger partial charge < -0.3 is 5.32 Å². The van der Waals surface area contributed by atoms with Crippen LogP contribution in [0.3, 0.4) is 0 Å². The second-order valence-corrected chi connectivity index (χ2v) is 8.40. The van der Waals surface area contributed by atoms with Gasteiger partial charge in [-0.25, -0.2) is 8.42 Å². The van der Waals surface area contributed by atoms with E-state index in [4.69, 9.17) is 11.6 Å². The highest BCUT2D eigenvalue weighted by Crippen LogP contribution is 2.28. The highest BCUT2D eigenvalue weighted by atomic mass is 35.5. The van der Waals surface area contributed by atoms with E-state index in [0.717, 1.165) is 18.5 Å². The maximum absolute atomic E-state index is 12.7. The number of rotatable bonds is 6. The lowest BCUT2D eigenvalue weighted by atomic mass is 10.2. The highest BCUT2D eigenvalue weighted by Gasteiger charge is 2.29. The number of hydrogen-bond acceptors (Lipinski definition) is 4. The van der Waals surface area contributed by atoms with Crippen molar-refractivity contribution in [2.75, 3.05) is 19.6 Å². The van der Waals surface area contributed by atoms with Gasteiger partial charge in [0, 0.05) is 43.5 Å². The van der Waals surface area contributed by atoms with E-state index in [1.807, 2.05) is 18.2 Å². The molecule has 0 aliphatic carbocycles. The monoisotopic (exact) mass is 393 g/mol. The van der Waals surface area contributed by atoms with Crippen molar-refractivity contribution in [1.82, 2.24) is 14.6 Å². The molecule has 1 saturated heterocycles. The molecule has 1 N–H and O–H groups in total. The van der Waals surface area contributed by atoms with Crippen LogP contribution in [0.1, 0.15) is 28.9 Å². The zero-order valence-electron chi connectivity index (χ0n) is 14.2. The van der Waals surface area contributed by atoms with Crippen molar-refractivity contribution >= 4 is 27.5 Å². The maximum Gasteiger partial charge on any atom is 0.251 e. The molecule has 6 nitrogen and oxygen atoms in total. The molecule has 1 aliphatic rings. The van der Waals surface area contributed by atoms with Gasteiger partial charge in [0.15, 0.2) is 0 Å². The number of carbonyl (C=O) groups excluding carboxylic acids is 1. The molecule has 0 saturated carbocycles. The molecule has 0 bridgehead atoms. The van der Waals surface area contributed by atoms with Gasteiger partial charge in [0.2, 0.25) is 10.0 Å². The van der Waals surface area contributed by atoms with E-state index in [1.54, 1.807) is 6.20 Å². The molecule has 2 heterocycles. The summed E-state index contributed by atoms with van der Waals surface area (Å²) in [6.45, 7) is 1.38. The Bertz CT molecular complexity index is 882. The van der Waals surface area contributed by atoms with Gasteiger partial charge in [0.1, 0.15) is 4.90 Å². The molecule has 26 heavy (non-hydrogen) atoms. The van der Waals surface area contributed by atoms with Crippen molar-refractivity contribution in [3.8, 4) is 0 Å². The number of benzene rings is 1. The number of amides is 1. The summed E-state index contributed by atoms with van der Waals surface area (Å²) in [4.78, 5) is 16.5. The van der Waals surface area contributed by atoms with Crippen LogP contribution >= 0.6 is 11.6 Å². The van der Waals surface area contributed by atoms with Crippen LogP contribution in [0.25, 0.3) is 0 Å². The Balaban J connectivity index is 1.71. The van der Waals surface area contributed by atoms with Crippen LogP contribution in [0, 0.1) is 0 Å². The lowest BCUT2D eigenvalue weighted by molar-refractivity contribution is 0.0954. The number of sulfonamides is 1. The molecule has 1 aromatic carbocycles. The molecule has 1 fully saturated rings. The van der Waals surface area contributed by atoms with E-state index in [9.17, 15) is 13.2 Å². The standard InChI is InChI=1S/C18H20ClN3O3S/c19-16-7-6-14(13-17(16)26(24,25)22-11-3-4-12-22)18(23)21-10-8-15-5-1-2-9-20-15/h1-2,5-7,9,13H,3-4,8,10-12H2,(H,21,23). The lowest BCUT2D eigenvalue weighted by Gasteiger charge is -2.17. The molecule has 3 rings (SSSR count). The summed E-state index contributed by atoms with van der Waals surface area (Å²) in [6.07, 6.45) is 3.97. The SMILES string of the molecule is O=C(NCCc1ccccn1)c1ccc(Cl)c(S(=O)(=O)N2CCCC2)c1. The highest BCUT2D eigenvalue weighted by molar-refractivity contribution is 7.89. The molecule has 138 valence electrons. The first-order chi connectivity index (χ1) is 12.5. The van der Waals surface area contributed by atoms with Crippen LogP contribution in [-0.2, 0) is 16.4 Å². The summed E-state index contributed by atoms with van der Waals surface area (Å²) in [5.74, 6) is -0.338. The van der Waals surface area contributed by atoms with E-state index in [0.29, 0.717) is 26.1 Å². The smallest absolute Gasteiger partial charge is 0.251 e. The van der Waals surface area contributed by atoms with Crippen molar-refractivity contribution in [3.05, 3.63) is 58.9 Å². The Morgan fingerprint density at radius 2 is 1.96 bits per heavy atom. The van der Waals surface area contributed by atoms with E-state index in [2.05, 4.69) is 10.3 Å². The minimum atomic E-state index is -3.68. The fourth-order valence-electron chi connectivity index (χ4n) is 2.86. The zero-order chi connectivity index (χ0) is 18.6. The van der Waals surface area contributed by atoms with Crippen LogP contribution < -0.4 is 5.32 Å². The van der Waals surface area contributed by atoms with Crippen molar-refractivity contribution in [1.29, 1.82) is 0 Å². The minimum Gasteiger partial charge on any atom is -0.352 e. The molecule has 1 aromatic heterocycles. The van der Waals surface area contributed by atoms with Gasteiger partial charge in [-0.2, -0.15) is 4.31 Å². The van der Waals surface area contributed by atoms with Gasteiger partial charge in [-0.1, -0.05) is 17.7 Å². The molecule has 1 amide bonds. The van der Waals surface area contributed by atoms with Crippen molar-refractivity contribution in [3.63, 3.8) is 0 Å². The molecule has 8 heteroatoms. The zero-order valence-corrected chi connectivity index (χ0v) is 15.8. The summed E-state index contributed by atoms with van der Waals surface area (Å²) in [6, 6.07) is 9.94.